The van der Waals surface area contributed by atoms with E-state index in [1.54, 1.807) is 60.7 Å². The highest BCUT2D eigenvalue weighted by Crippen LogP contribution is 2.34. The van der Waals surface area contributed by atoms with Gasteiger partial charge in [0.15, 0.2) is 11.5 Å². The molecule has 3 aromatic carbocycles. The first-order chi connectivity index (χ1) is 19.8. The number of methoxy groups -OCH3 is 1. The molecule has 1 aromatic heterocycles. The predicted octanol–water partition coefficient (Wildman–Crippen LogP) is 4.60. The maximum absolute atomic E-state index is 13.1. The Balaban J connectivity index is 1.24. The average molecular weight is 593 g/mol. The second kappa shape index (κ2) is 12.2. The molecule has 11 nitrogen and oxygen atoms in total. The summed E-state index contributed by atoms with van der Waals surface area (Å²) in [6.07, 6.45) is 1.52. The van der Waals surface area contributed by atoms with Gasteiger partial charge in [-0.1, -0.05) is 30.0 Å². The van der Waals surface area contributed by atoms with Crippen molar-refractivity contribution < 1.29 is 32.2 Å². The fraction of sp³-hybridized carbons (Fsp3) is 0.107. The summed E-state index contributed by atoms with van der Waals surface area (Å²) in [5, 5.41) is 5.83. The van der Waals surface area contributed by atoms with Gasteiger partial charge >= 0.3 is 0 Å². The van der Waals surface area contributed by atoms with Gasteiger partial charge in [0.25, 0.3) is 15.9 Å². The first kappa shape index (κ1) is 27.8. The zero-order chi connectivity index (χ0) is 28.8. The van der Waals surface area contributed by atoms with Gasteiger partial charge in [-0.25, -0.2) is 13.4 Å². The Kier molecular flexibility index (Phi) is 8.26. The van der Waals surface area contributed by atoms with Crippen molar-refractivity contribution in [1.82, 2.24) is 4.98 Å². The Hall–Kier alpha value is -4.75. The highest BCUT2D eigenvalue weighted by molar-refractivity contribution is 8.00. The van der Waals surface area contributed by atoms with Crippen LogP contribution in [0.4, 0.5) is 17.1 Å². The lowest BCUT2D eigenvalue weighted by Gasteiger charge is -2.13. The number of carbonyl (C=O) groups excluding carboxylic acids is 2. The first-order valence-electron chi connectivity index (χ1n) is 12.2. The summed E-state index contributed by atoms with van der Waals surface area (Å²) in [6.45, 7) is 0.132. The molecule has 0 saturated heterocycles. The van der Waals surface area contributed by atoms with Crippen LogP contribution in [0.1, 0.15) is 10.4 Å². The van der Waals surface area contributed by atoms with E-state index in [0.717, 1.165) is 11.8 Å². The first-order valence-corrected chi connectivity index (χ1v) is 14.6. The summed E-state index contributed by atoms with van der Waals surface area (Å²) >= 11 is 1.09. The number of rotatable bonds is 10. The van der Waals surface area contributed by atoms with Gasteiger partial charge in [0, 0.05) is 23.6 Å². The zero-order valence-corrected chi connectivity index (χ0v) is 23.3. The van der Waals surface area contributed by atoms with E-state index in [2.05, 4.69) is 20.3 Å². The van der Waals surface area contributed by atoms with Crippen LogP contribution in [0.2, 0.25) is 0 Å². The lowest BCUT2D eigenvalue weighted by Crippen LogP contribution is -2.17. The standard InChI is InChI=1S/C28H24N4O7S2/c1-37-23-10-3-2-9-22(23)32-41(35,36)20-7-4-6-18(14-20)31-27(34)21-8-5-13-29-28(21)40-16-26(33)30-19-11-12-24-25(15-19)39-17-38-24/h2-15,32H,16-17H2,1H3,(H,30,33)(H,31,34). The number of amides is 2. The van der Waals surface area contributed by atoms with Crippen molar-refractivity contribution in [3.63, 3.8) is 0 Å². The summed E-state index contributed by atoms with van der Waals surface area (Å²) < 4.78 is 44.4. The van der Waals surface area contributed by atoms with Gasteiger partial charge in [-0.05, 0) is 54.6 Å². The smallest absolute Gasteiger partial charge is 0.262 e. The molecule has 5 rings (SSSR count). The molecule has 41 heavy (non-hydrogen) atoms. The Morgan fingerprint density at radius 3 is 2.59 bits per heavy atom. The molecule has 1 aliphatic rings. The number of anilines is 3. The summed E-state index contributed by atoms with van der Waals surface area (Å²) in [5.74, 6) is 0.708. The van der Waals surface area contributed by atoms with Gasteiger partial charge in [-0.15, -0.1) is 0 Å². The van der Waals surface area contributed by atoms with E-state index in [-0.39, 0.29) is 40.3 Å². The largest absolute Gasteiger partial charge is 0.495 e. The van der Waals surface area contributed by atoms with E-state index >= 15 is 0 Å². The van der Waals surface area contributed by atoms with Crippen LogP contribution in [0, 0.1) is 0 Å². The van der Waals surface area contributed by atoms with Gasteiger partial charge in [-0.2, -0.15) is 0 Å². The second-order valence-electron chi connectivity index (χ2n) is 8.55. The van der Waals surface area contributed by atoms with E-state index in [4.69, 9.17) is 14.2 Å². The van der Waals surface area contributed by atoms with Crippen molar-refractivity contribution >= 4 is 50.7 Å². The summed E-state index contributed by atoms with van der Waals surface area (Å²) in [6, 6.07) is 20.7. The molecule has 13 heteroatoms. The van der Waals surface area contributed by atoms with E-state index < -0.39 is 15.9 Å². The molecule has 0 spiro atoms. The molecule has 0 atom stereocenters. The predicted molar refractivity (Wildman–Crippen MR) is 154 cm³/mol. The Bertz CT molecular complexity index is 1710. The van der Waals surface area contributed by atoms with E-state index in [0.29, 0.717) is 28.0 Å². The van der Waals surface area contributed by atoms with Gasteiger partial charge in [0.2, 0.25) is 12.7 Å². The molecule has 0 unspecified atom stereocenters. The minimum Gasteiger partial charge on any atom is -0.495 e. The molecule has 0 aliphatic carbocycles. The normalized spacial score (nSPS) is 11.9. The maximum Gasteiger partial charge on any atom is 0.262 e. The van der Waals surface area contributed by atoms with Crippen molar-refractivity contribution in [2.75, 3.05) is 35.0 Å². The van der Waals surface area contributed by atoms with Gasteiger partial charge in [-0.3, -0.25) is 14.3 Å². The number of hydrogen-bond acceptors (Lipinski definition) is 9. The molecule has 2 heterocycles. The van der Waals surface area contributed by atoms with E-state index in [9.17, 15) is 18.0 Å². The van der Waals surface area contributed by atoms with Crippen molar-refractivity contribution in [1.29, 1.82) is 0 Å². The quantitative estimate of drug-likeness (QED) is 0.225. The minimum absolute atomic E-state index is 0.00587. The number of fused-ring (bicyclic) bond motifs is 1. The maximum atomic E-state index is 13.1. The molecular formula is C28H24N4O7S2. The average Bonchev–Trinajstić information content (AvgIpc) is 3.44. The SMILES string of the molecule is COc1ccccc1NS(=O)(=O)c1cccc(NC(=O)c2cccnc2SCC(=O)Nc2ccc3c(c2)OCO3)c1. The van der Waals surface area contributed by atoms with Gasteiger partial charge in [0.1, 0.15) is 10.8 Å². The van der Waals surface area contributed by atoms with Crippen LogP contribution < -0.4 is 29.6 Å². The number of ether oxygens (including phenoxy) is 3. The fourth-order valence-corrected chi connectivity index (χ4v) is 5.76. The van der Waals surface area contributed by atoms with Crippen LogP contribution in [0.25, 0.3) is 0 Å². The molecule has 0 radical (unpaired) electrons. The number of para-hydroxylation sites is 2. The van der Waals surface area contributed by atoms with Crippen molar-refractivity contribution in [2.45, 2.75) is 9.92 Å². The molecule has 0 fully saturated rings. The summed E-state index contributed by atoms with van der Waals surface area (Å²) in [4.78, 5) is 29.9. The van der Waals surface area contributed by atoms with Crippen LogP contribution in [0.5, 0.6) is 17.2 Å². The lowest BCUT2D eigenvalue weighted by molar-refractivity contribution is -0.113. The Labute approximate surface area is 240 Å². The van der Waals surface area contributed by atoms with E-state index in [1.165, 1.54) is 31.5 Å². The van der Waals surface area contributed by atoms with Crippen molar-refractivity contribution in [2.24, 2.45) is 0 Å². The summed E-state index contributed by atoms with van der Waals surface area (Å²) in [5.41, 5.74) is 1.32. The minimum atomic E-state index is -3.98. The number of thioether (sulfide) groups is 1. The Morgan fingerprint density at radius 1 is 0.927 bits per heavy atom. The number of aromatic nitrogens is 1. The number of nitrogens with one attached hydrogen (secondary N) is 3. The third-order valence-electron chi connectivity index (χ3n) is 5.77. The molecule has 0 saturated carbocycles. The highest BCUT2D eigenvalue weighted by Gasteiger charge is 2.19. The zero-order valence-electron chi connectivity index (χ0n) is 21.6. The van der Waals surface area contributed by atoms with Gasteiger partial charge in [0.05, 0.1) is 29.0 Å². The number of benzene rings is 3. The van der Waals surface area contributed by atoms with Crippen LogP contribution in [0.15, 0.2) is 95.0 Å². The van der Waals surface area contributed by atoms with Crippen LogP contribution in [-0.2, 0) is 14.8 Å². The van der Waals surface area contributed by atoms with Crippen LogP contribution in [0.3, 0.4) is 0 Å². The molecule has 0 bridgehead atoms. The third kappa shape index (κ3) is 6.70. The number of pyridine rings is 1. The summed E-state index contributed by atoms with van der Waals surface area (Å²) in [7, 11) is -2.54. The number of nitrogens with zero attached hydrogens (tertiary/aromatic N) is 1. The van der Waals surface area contributed by atoms with Crippen molar-refractivity contribution in [3.05, 3.63) is 90.6 Å². The topological polar surface area (TPSA) is 145 Å². The number of hydrogen-bond donors (Lipinski definition) is 3. The number of sulfonamides is 1. The molecule has 1 aliphatic heterocycles. The van der Waals surface area contributed by atoms with Crippen LogP contribution >= 0.6 is 11.8 Å². The molecular weight excluding hydrogens is 568 g/mol. The highest BCUT2D eigenvalue weighted by atomic mass is 32.2. The Morgan fingerprint density at radius 2 is 1.73 bits per heavy atom. The fourth-order valence-electron chi connectivity index (χ4n) is 3.86. The second-order valence-corrected chi connectivity index (χ2v) is 11.2. The van der Waals surface area contributed by atoms with Gasteiger partial charge < -0.3 is 24.8 Å². The monoisotopic (exact) mass is 592 g/mol. The third-order valence-corrected chi connectivity index (χ3v) is 8.13. The number of carbonyl (C=O) groups is 2. The molecule has 4 aromatic rings. The van der Waals surface area contributed by atoms with Crippen molar-refractivity contribution in [3.8, 4) is 17.2 Å². The lowest BCUT2D eigenvalue weighted by atomic mass is 10.2. The van der Waals surface area contributed by atoms with E-state index in [1.807, 2.05) is 0 Å². The molecule has 210 valence electrons. The van der Waals surface area contributed by atoms with Crippen LogP contribution in [-0.4, -0.2) is 44.9 Å². The molecule has 2 amide bonds. The molecule has 3 N–H and O–H groups in total.